The highest BCUT2D eigenvalue weighted by Gasteiger charge is 2.32. The fourth-order valence-electron chi connectivity index (χ4n) is 2.36. The minimum Gasteiger partial charge on any atom is -0.487 e. The largest absolute Gasteiger partial charge is 0.487 e. The van der Waals surface area contributed by atoms with E-state index < -0.39 is 0 Å². The van der Waals surface area contributed by atoms with Crippen molar-refractivity contribution in [2.45, 2.75) is 26.0 Å². The normalized spacial score (nSPS) is 14.4. The second-order valence-corrected chi connectivity index (χ2v) is 5.58. The number of ether oxygens (including phenoxy) is 1. The molecule has 1 aliphatic rings. The van der Waals surface area contributed by atoms with Crippen LogP contribution in [-0.2, 0) is 6.61 Å². The average molecular weight is 315 g/mol. The molecule has 0 unspecified atom stereocenters. The summed E-state index contributed by atoms with van der Waals surface area (Å²) in [4.78, 5) is 13.6. The van der Waals surface area contributed by atoms with Crippen LogP contribution in [0.3, 0.4) is 0 Å². The summed E-state index contributed by atoms with van der Waals surface area (Å²) in [7, 11) is 0. The fourth-order valence-corrected chi connectivity index (χ4v) is 2.36. The Morgan fingerprint density at radius 2 is 2.13 bits per heavy atom. The first-order valence-electron chi connectivity index (χ1n) is 7.87. The van der Waals surface area contributed by atoms with Gasteiger partial charge < -0.3 is 15.0 Å². The first-order valence-corrected chi connectivity index (χ1v) is 7.87. The molecular formula is C16H21N5O2. The summed E-state index contributed by atoms with van der Waals surface area (Å²) in [6.45, 7) is 4.46. The number of nitrogens with zero attached hydrogens (tertiary/aromatic N) is 4. The molecule has 0 bridgehead atoms. The number of amides is 2. The molecule has 3 rings (SSSR count). The van der Waals surface area contributed by atoms with Crippen molar-refractivity contribution in [3.63, 3.8) is 0 Å². The van der Waals surface area contributed by atoms with Crippen LogP contribution >= 0.6 is 0 Å². The van der Waals surface area contributed by atoms with E-state index >= 15 is 0 Å². The van der Waals surface area contributed by atoms with E-state index in [9.17, 15) is 4.79 Å². The molecular weight excluding hydrogens is 294 g/mol. The molecule has 2 aromatic rings. The van der Waals surface area contributed by atoms with Crippen LogP contribution in [0.2, 0.25) is 0 Å². The Balaban J connectivity index is 1.46. The Bertz CT molecular complexity index is 637. The number of carbonyl (C=O) groups is 1. The van der Waals surface area contributed by atoms with E-state index in [0.717, 1.165) is 17.9 Å². The van der Waals surface area contributed by atoms with E-state index in [4.69, 9.17) is 4.74 Å². The Morgan fingerprint density at radius 1 is 1.35 bits per heavy atom. The van der Waals surface area contributed by atoms with Gasteiger partial charge in [-0.3, -0.25) is 0 Å². The van der Waals surface area contributed by atoms with Gasteiger partial charge >= 0.3 is 6.03 Å². The third-order valence-electron chi connectivity index (χ3n) is 3.74. The number of hydrogen-bond donors (Lipinski definition) is 1. The number of para-hydroxylation sites is 1. The van der Waals surface area contributed by atoms with Gasteiger partial charge in [-0.1, -0.05) is 30.3 Å². The summed E-state index contributed by atoms with van der Waals surface area (Å²) in [6, 6.07) is 9.81. The maximum Gasteiger partial charge on any atom is 0.317 e. The Labute approximate surface area is 135 Å². The highest BCUT2D eigenvalue weighted by Crippen LogP contribution is 2.20. The highest BCUT2D eigenvalue weighted by molar-refractivity contribution is 5.75. The smallest absolute Gasteiger partial charge is 0.317 e. The summed E-state index contributed by atoms with van der Waals surface area (Å²) < 4.78 is 7.46. The fraction of sp³-hybridized carbons (Fsp3) is 0.438. The monoisotopic (exact) mass is 315 g/mol. The van der Waals surface area contributed by atoms with E-state index in [1.54, 1.807) is 4.90 Å². The van der Waals surface area contributed by atoms with Gasteiger partial charge in [-0.25, -0.2) is 9.48 Å². The van der Waals surface area contributed by atoms with Gasteiger partial charge in [-0.05, 0) is 18.6 Å². The summed E-state index contributed by atoms with van der Waals surface area (Å²) >= 11 is 0. The molecule has 23 heavy (non-hydrogen) atoms. The molecule has 1 aromatic carbocycles. The maximum atomic E-state index is 11.8. The predicted molar refractivity (Wildman–Crippen MR) is 85.1 cm³/mol. The van der Waals surface area contributed by atoms with Crippen LogP contribution in [0.1, 0.15) is 25.1 Å². The molecule has 1 aromatic heterocycles. The first kappa shape index (κ1) is 15.3. The van der Waals surface area contributed by atoms with Crippen LogP contribution < -0.4 is 10.1 Å². The van der Waals surface area contributed by atoms with Crippen molar-refractivity contribution in [2.75, 3.05) is 19.6 Å². The summed E-state index contributed by atoms with van der Waals surface area (Å²) in [5, 5.41) is 11.1. The predicted octanol–water partition coefficient (Wildman–Crippen LogP) is 1.83. The Morgan fingerprint density at radius 3 is 2.87 bits per heavy atom. The zero-order valence-corrected chi connectivity index (χ0v) is 13.2. The molecule has 0 spiro atoms. The number of nitrogens with one attached hydrogen (secondary N) is 1. The highest BCUT2D eigenvalue weighted by atomic mass is 16.5. The molecule has 1 aliphatic heterocycles. The van der Waals surface area contributed by atoms with Crippen LogP contribution in [0.25, 0.3) is 0 Å². The number of carbonyl (C=O) groups excluding carboxylic acids is 1. The number of benzene rings is 1. The van der Waals surface area contributed by atoms with Gasteiger partial charge in [0.2, 0.25) is 0 Å². The Kier molecular flexibility index (Phi) is 4.75. The van der Waals surface area contributed by atoms with Crippen molar-refractivity contribution in [3.05, 3.63) is 42.2 Å². The van der Waals surface area contributed by atoms with E-state index in [1.165, 1.54) is 0 Å². The molecule has 1 fully saturated rings. The number of rotatable bonds is 6. The standard InChI is InChI=1S/C16H21N5O2/c1-2-8-17-16(22)20-10-14(11-20)21-9-13(18-19-21)12-23-15-6-4-3-5-7-15/h3-7,9,14H,2,8,10-12H2,1H3,(H,17,22). The third-order valence-corrected chi connectivity index (χ3v) is 3.74. The van der Waals surface area contributed by atoms with Crippen molar-refractivity contribution in [2.24, 2.45) is 0 Å². The number of likely N-dealkylation sites (tertiary alicyclic amines) is 1. The number of hydrogen-bond acceptors (Lipinski definition) is 4. The van der Waals surface area contributed by atoms with Gasteiger partial charge in [-0.2, -0.15) is 0 Å². The van der Waals surface area contributed by atoms with Crippen LogP contribution in [0.5, 0.6) is 5.75 Å². The van der Waals surface area contributed by atoms with Gasteiger partial charge in [-0.15, -0.1) is 5.10 Å². The molecule has 1 saturated heterocycles. The molecule has 0 radical (unpaired) electrons. The van der Waals surface area contributed by atoms with Gasteiger partial charge in [0.1, 0.15) is 18.1 Å². The van der Waals surface area contributed by atoms with Crippen molar-refractivity contribution in [3.8, 4) is 5.75 Å². The molecule has 0 atom stereocenters. The average Bonchev–Trinajstić information content (AvgIpc) is 2.99. The lowest BCUT2D eigenvalue weighted by atomic mass is 10.1. The van der Waals surface area contributed by atoms with Crippen LogP contribution in [0.15, 0.2) is 36.5 Å². The summed E-state index contributed by atoms with van der Waals surface area (Å²) in [5.41, 5.74) is 0.780. The van der Waals surface area contributed by atoms with Crippen LogP contribution in [-0.4, -0.2) is 45.6 Å². The van der Waals surface area contributed by atoms with Crippen LogP contribution in [0.4, 0.5) is 4.79 Å². The quantitative estimate of drug-likeness (QED) is 0.883. The van der Waals surface area contributed by atoms with Gasteiger partial charge in [0.25, 0.3) is 0 Å². The van der Waals surface area contributed by atoms with E-state index in [0.29, 0.717) is 26.2 Å². The first-order chi connectivity index (χ1) is 11.3. The second-order valence-electron chi connectivity index (χ2n) is 5.58. The molecule has 0 aliphatic carbocycles. The lowest BCUT2D eigenvalue weighted by Crippen LogP contribution is -2.54. The molecule has 7 nitrogen and oxygen atoms in total. The molecule has 7 heteroatoms. The minimum absolute atomic E-state index is 0.00384. The third kappa shape index (κ3) is 3.80. The molecule has 2 heterocycles. The molecule has 2 amide bonds. The molecule has 1 N–H and O–H groups in total. The van der Waals surface area contributed by atoms with E-state index in [2.05, 4.69) is 15.6 Å². The van der Waals surface area contributed by atoms with Gasteiger partial charge in [0.15, 0.2) is 0 Å². The van der Waals surface area contributed by atoms with Gasteiger partial charge in [0.05, 0.1) is 12.2 Å². The minimum atomic E-state index is -0.00384. The summed E-state index contributed by atoms with van der Waals surface area (Å²) in [6.07, 6.45) is 2.83. The lowest BCUT2D eigenvalue weighted by molar-refractivity contribution is 0.117. The molecule has 122 valence electrons. The van der Waals surface area contributed by atoms with Crippen molar-refractivity contribution in [1.29, 1.82) is 0 Å². The van der Waals surface area contributed by atoms with Crippen molar-refractivity contribution >= 4 is 6.03 Å². The number of aromatic nitrogens is 3. The topological polar surface area (TPSA) is 72.3 Å². The van der Waals surface area contributed by atoms with E-state index in [-0.39, 0.29) is 12.1 Å². The zero-order chi connectivity index (χ0) is 16.1. The van der Waals surface area contributed by atoms with Crippen molar-refractivity contribution in [1.82, 2.24) is 25.2 Å². The van der Waals surface area contributed by atoms with E-state index in [1.807, 2.05) is 48.1 Å². The SMILES string of the molecule is CCCNC(=O)N1CC(n2cc(COc3ccccc3)nn2)C1. The Hall–Kier alpha value is -2.57. The zero-order valence-electron chi connectivity index (χ0n) is 13.2. The lowest BCUT2D eigenvalue weighted by Gasteiger charge is -2.38. The molecule has 0 saturated carbocycles. The van der Waals surface area contributed by atoms with Crippen molar-refractivity contribution < 1.29 is 9.53 Å². The summed E-state index contributed by atoms with van der Waals surface area (Å²) in [5.74, 6) is 0.810. The second kappa shape index (κ2) is 7.13. The maximum absolute atomic E-state index is 11.8. The number of urea groups is 1. The van der Waals surface area contributed by atoms with Gasteiger partial charge in [0, 0.05) is 19.6 Å². The van der Waals surface area contributed by atoms with Crippen LogP contribution in [0, 0.1) is 0 Å².